The van der Waals surface area contributed by atoms with Crippen LogP contribution in [0.2, 0.25) is 0 Å². The number of ketones is 1. The molecule has 16 nitrogen and oxygen atoms in total. The van der Waals surface area contributed by atoms with Crippen LogP contribution in [0.15, 0.2) is 53.8 Å². The summed E-state index contributed by atoms with van der Waals surface area (Å²) in [7, 11) is 0. The average molecular weight is 684 g/mol. The number of alkyl carbamates (subject to hydrolysis) is 1. The molecule has 1 aliphatic rings. The van der Waals surface area contributed by atoms with Gasteiger partial charge in [0.1, 0.15) is 41.9 Å². The number of imidazole rings is 1. The number of ether oxygens (including phenoxy) is 5. The Balaban J connectivity index is 1.78. The number of hydrogen-bond acceptors (Lipinski definition) is 11. The fourth-order valence-electron chi connectivity index (χ4n) is 4.68. The third-order valence-electron chi connectivity index (χ3n) is 6.79. The van der Waals surface area contributed by atoms with E-state index in [1.165, 1.54) is 15.5 Å². The van der Waals surface area contributed by atoms with E-state index >= 15 is 0 Å². The molecule has 2 heterocycles. The van der Waals surface area contributed by atoms with Gasteiger partial charge in [-0.2, -0.15) is 0 Å². The highest BCUT2D eigenvalue weighted by molar-refractivity contribution is 6.08. The minimum absolute atomic E-state index is 0.114. The molecule has 1 N–H and O–H groups in total. The molecule has 3 rings (SSSR count). The maximum absolute atomic E-state index is 13.9. The highest BCUT2D eigenvalue weighted by Crippen LogP contribution is 2.30. The van der Waals surface area contributed by atoms with Gasteiger partial charge in [0.15, 0.2) is 11.7 Å². The minimum Gasteiger partial charge on any atom is -0.461 e. The van der Waals surface area contributed by atoms with Crippen LogP contribution in [0.25, 0.3) is 10.4 Å². The summed E-state index contributed by atoms with van der Waals surface area (Å²) in [5.74, 6) is -3.44. The second-order valence-corrected chi connectivity index (χ2v) is 13.6. The van der Waals surface area contributed by atoms with Gasteiger partial charge in [0.2, 0.25) is 0 Å². The molecule has 0 spiro atoms. The summed E-state index contributed by atoms with van der Waals surface area (Å²) in [6, 6.07) is 8.75. The summed E-state index contributed by atoms with van der Waals surface area (Å²) in [6.45, 7) is 13.2. The van der Waals surface area contributed by atoms with Gasteiger partial charge in [0.25, 0.3) is 0 Å². The molecule has 2 amide bonds. The fraction of sp³-hybridized carbons (Fsp3) is 0.545. The lowest BCUT2D eigenvalue weighted by atomic mass is 10.0. The van der Waals surface area contributed by atoms with Crippen molar-refractivity contribution < 1.29 is 42.9 Å². The molecule has 1 fully saturated rings. The molecule has 266 valence electrons. The molecule has 1 aromatic carbocycles. The zero-order chi connectivity index (χ0) is 36.4. The van der Waals surface area contributed by atoms with Gasteiger partial charge in [0.05, 0.1) is 25.5 Å². The molecule has 1 aromatic heterocycles. The molecular weight excluding hydrogens is 638 g/mol. The van der Waals surface area contributed by atoms with Crippen LogP contribution in [0, 0.1) is 5.92 Å². The summed E-state index contributed by atoms with van der Waals surface area (Å²) in [4.78, 5) is 60.9. The molecule has 1 aliphatic heterocycles. The lowest BCUT2D eigenvalue weighted by Gasteiger charge is -2.34. The molecule has 0 bridgehead atoms. The topological polar surface area (TPSA) is 196 Å². The van der Waals surface area contributed by atoms with E-state index in [9.17, 15) is 19.2 Å². The van der Waals surface area contributed by atoms with Crippen LogP contribution in [0.3, 0.4) is 0 Å². The Morgan fingerprint density at radius 2 is 1.80 bits per heavy atom. The second-order valence-electron chi connectivity index (χ2n) is 13.6. The molecular formula is C33H45N7O9. The Kier molecular flexibility index (Phi) is 12.9. The predicted molar refractivity (Wildman–Crippen MR) is 176 cm³/mol. The van der Waals surface area contributed by atoms with Crippen molar-refractivity contribution in [1.82, 2.24) is 19.8 Å². The zero-order valence-corrected chi connectivity index (χ0v) is 29.2. The molecule has 0 radical (unpaired) electrons. The van der Waals surface area contributed by atoms with Crippen LogP contribution in [0.1, 0.15) is 71.4 Å². The Bertz CT molecular complexity index is 1550. The van der Waals surface area contributed by atoms with Crippen molar-refractivity contribution in [3.63, 3.8) is 0 Å². The van der Waals surface area contributed by atoms with E-state index in [1.54, 1.807) is 61.5 Å². The highest BCUT2D eigenvalue weighted by Gasteiger charge is 2.44. The number of Topliss-reactive ketones (excluding diaryl/α,β-unsaturated/α-hetero) is 1. The van der Waals surface area contributed by atoms with E-state index in [0.717, 1.165) is 11.8 Å². The van der Waals surface area contributed by atoms with Crippen molar-refractivity contribution in [2.75, 3.05) is 19.8 Å². The molecule has 0 saturated carbocycles. The van der Waals surface area contributed by atoms with Crippen molar-refractivity contribution >= 4 is 29.9 Å². The van der Waals surface area contributed by atoms with Crippen molar-refractivity contribution in [2.45, 2.75) is 91.7 Å². The summed E-state index contributed by atoms with van der Waals surface area (Å²) in [5.41, 5.74) is 7.30. The maximum Gasteiger partial charge on any atom is 0.413 e. The van der Waals surface area contributed by atoms with Gasteiger partial charge in [-0.1, -0.05) is 36.4 Å². The van der Waals surface area contributed by atoms with Crippen LogP contribution in [0.4, 0.5) is 15.5 Å². The Morgan fingerprint density at radius 1 is 1.12 bits per heavy atom. The number of carbonyl (C=O) groups excluding carboxylic acids is 4. The van der Waals surface area contributed by atoms with Gasteiger partial charge in [-0.3, -0.25) is 19.1 Å². The van der Waals surface area contributed by atoms with E-state index in [4.69, 9.17) is 29.2 Å². The van der Waals surface area contributed by atoms with Crippen LogP contribution in [-0.4, -0.2) is 81.1 Å². The first-order valence-electron chi connectivity index (χ1n) is 15.6. The van der Waals surface area contributed by atoms with Crippen LogP contribution >= 0.6 is 0 Å². The number of aromatic nitrogens is 2. The molecule has 2 aromatic rings. The number of azide groups is 1. The van der Waals surface area contributed by atoms with Crippen LogP contribution in [0.5, 0.6) is 0 Å². The lowest BCUT2D eigenvalue weighted by molar-refractivity contribution is -0.145. The van der Waals surface area contributed by atoms with E-state index in [2.05, 4.69) is 20.3 Å². The smallest absolute Gasteiger partial charge is 0.413 e. The molecule has 16 heteroatoms. The number of nitrogens with zero attached hydrogens (tertiary/aromatic N) is 6. The average Bonchev–Trinajstić information content (AvgIpc) is 3.53. The third kappa shape index (κ3) is 11.6. The van der Waals surface area contributed by atoms with Crippen LogP contribution in [-0.2, 0) is 41.8 Å². The minimum atomic E-state index is -1.54. The number of carbonyl (C=O) groups is 4. The SMILES string of the molecule is CC(C)(C)OC(=O)NCC(C(=O)OC/C=C\[C@@H]1COC(C)(C)N1C(=O)OC(C)(C)C)C(=O)c1cnc(N=[N+]=[N-])n1COCc1ccccc1. The van der Waals surface area contributed by atoms with Crippen molar-refractivity contribution in [3.05, 3.63) is 70.4 Å². The fourth-order valence-corrected chi connectivity index (χ4v) is 4.68. The summed E-state index contributed by atoms with van der Waals surface area (Å²) in [6.07, 6.45) is 2.91. The monoisotopic (exact) mass is 683 g/mol. The number of esters is 1. The van der Waals surface area contributed by atoms with Crippen LogP contribution < -0.4 is 5.32 Å². The maximum atomic E-state index is 13.9. The van der Waals surface area contributed by atoms with E-state index in [0.29, 0.717) is 0 Å². The largest absolute Gasteiger partial charge is 0.461 e. The Labute approximate surface area is 285 Å². The quantitative estimate of drug-likeness (QED) is 0.0394. The number of amides is 2. The molecule has 1 unspecified atom stereocenters. The van der Waals surface area contributed by atoms with Crippen molar-refractivity contribution in [3.8, 4) is 0 Å². The standard InChI is InChI=1S/C33H45N7O9/c1-31(2,3)48-29(43)36-17-24(26(41)25-18-35-28(37-38-34)39(25)21-45-19-22-13-10-9-11-14-22)27(42)46-16-12-15-23-20-47-33(7,8)40(23)30(44)49-32(4,5)6/h9-15,18,23-24H,16-17,19-21H2,1-8H3,(H,36,43)/b15-12-/t23-,24?/m1/s1. The molecule has 49 heavy (non-hydrogen) atoms. The molecule has 1 saturated heterocycles. The van der Waals surface area contributed by atoms with Gasteiger partial charge in [-0.05, 0) is 77.7 Å². The lowest BCUT2D eigenvalue weighted by Crippen LogP contribution is -2.49. The Morgan fingerprint density at radius 3 is 2.43 bits per heavy atom. The first kappa shape index (κ1) is 38.5. The summed E-state index contributed by atoms with van der Waals surface area (Å²) in [5, 5.41) is 5.99. The second kappa shape index (κ2) is 16.5. The zero-order valence-electron chi connectivity index (χ0n) is 29.2. The van der Waals surface area contributed by atoms with Gasteiger partial charge in [-0.25, -0.2) is 14.6 Å². The van der Waals surface area contributed by atoms with Gasteiger partial charge in [0, 0.05) is 11.5 Å². The van der Waals surface area contributed by atoms with Crippen molar-refractivity contribution in [2.24, 2.45) is 11.0 Å². The normalized spacial score (nSPS) is 16.5. The van der Waals surface area contributed by atoms with Crippen molar-refractivity contribution in [1.29, 1.82) is 0 Å². The molecule has 0 aliphatic carbocycles. The Hall–Kier alpha value is -4.92. The highest BCUT2D eigenvalue weighted by atomic mass is 16.6. The third-order valence-corrected chi connectivity index (χ3v) is 6.79. The first-order chi connectivity index (χ1) is 22.9. The van der Waals surface area contributed by atoms with E-state index in [1.807, 2.05) is 30.3 Å². The van der Waals surface area contributed by atoms with Gasteiger partial charge >= 0.3 is 18.2 Å². The van der Waals surface area contributed by atoms with Gasteiger partial charge < -0.3 is 29.0 Å². The number of hydrogen-bond donors (Lipinski definition) is 1. The number of benzene rings is 1. The number of rotatable bonds is 13. The first-order valence-corrected chi connectivity index (χ1v) is 15.6. The van der Waals surface area contributed by atoms with E-state index in [-0.39, 0.29) is 38.2 Å². The molecule has 2 atom stereocenters. The predicted octanol–water partition coefficient (Wildman–Crippen LogP) is 5.79. The van der Waals surface area contributed by atoms with Gasteiger partial charge in [-0.15, -0.1) is 0 Å². The number of nitrogens with one attached hydrogen (secondary N) is 1. The summed E-state index contributed by atoms with van der Waals surface area (Å²) < 4.78 is 29.0. The van der Waals surface area contributed by atoms with E-state index < -0.39 is 59.4 Å². The summed E-state index contributed by atoms with van der Waals surface area (Å²) >= 11 is 0.